The highest BCUT2D eigenvalue weighted by molar-refractivity contribution is 7.99. The number of benzene rings is 2. The Hall–Kier alpha value is -3.99. The third kappa shape index (κ3) is 5.24. The van der Waals surface area contributed by atoms with Crippen molar-refractivity contribution in [2.45, 2.75) is 18.6 Å². The number of carbonyl (C=O) groups is 1. The van der Waals surface area contributed by atoms with Crippen LogP contribution in [0.1, 0.15) is 12.5 Å². The average molecular weight is 496 g/mol. The molecule has 0 spiro atoms. The van der Waals surface area contributed by atoms with E-state index in [2.05, 4.69) is 15.5 Å². The van der Waals surface area contributed by atoms with E-state index in [0.29, 0.717) is 28.9 Å². The normalized spacial score (nSPS) is 10.8. The van der Waals surface area contributed by atoms with E-state index in [1.54, 1.807) is 61.3 Å². The number of nitrogens with zero attached hydrogens (tertiary/aromatic N) is 4. The van der Waals surface area contributed by atoms with Gasteiger partial charge in [0, 0.05) is 30.2 Å². The maximum Gasteiger partial charge on any atom is 0.300 e. The van der Waals surface area contributed by atoms with Crippen LogP contribution in [-0.4, -0.2) is 51.7 Å². The van der Waals surface area contributed by atoms with E-state index in [1.165, 1.54) is 16.3 Å². The van der Waals surface area contributed by atoms with E-state index in [1.807, 2.05) is 19.1 Å². The minimum atomic E-state index is -0.314. The van der Waals surface area contributed by atoms with Crippen molar-refractivity contribution < 1.29 is 19.0 Å². The molecule has 0 unspecified atom stereocenters. The molecule has 1 N–H and O–H groups in total. The summed E-state index contributed by atoms with van der Waals surface area (Å²) in [4.78, 5) is 25.4. The molecule has 0 atom stereocenters. The second kappa shape index (κ2) is 11.0. The lowest BCUT2D eigenvalue weighted by Gasteiger charge is -2.13. The van der Waals surface area contributed by atoms with Crippen LogP contribution in [0.3, 0.4) is 0 Å². The minimum absolute atomic E-state index is 0.106. The second-order valence-corrected chi connectivity index (χ2v) is 8.24. The topological polar surface area (TPSA) is 109 Å². The van der Waals surface area contributed by atoms with Crippen LogP contribution in [-0.2, 0) is 11.3 Å². The lowest BCUT2D eigenvalue weighted by atomic mass is 10.2. The highest BCUT2D eigenvalue weighted by Crippen LogP contribution is 2.30. The molecule has 182 valence electrons. The molecule has 1 amide bonds. The summed E-state index contributed by atoms with van der Waals surface area (Å²) in [6, 6.07) is 12.7. The van der Waals surface area contributed by atoms with Gasteiger partial charge in [0.2, 0.25) is 11.6 Å². The Balaban J connectivity index is 1.43. The standard InChI is InChI=1S/C24H25N5O5S/c1-4-34-18-10-8-17(9-11-18)28-12-13-29-22(23(28)31)26-27-24(29)35-15-20(30)25-14-16-6-5-7-19(32-2)21(16)33-3/h5-13H,4,14-15H2,1-3H3,(H,25,30). The predicted octanol–water partition coefficient (Wildman–Crippen LogP) is 2.70. The maximum atomic E-state index is 13.0. The van der Waals surface area contributed by atoms with E-state index in [-0.39, 0.29) is 29.4 Å². The summed E-state index contributed by atoms with van der Waals surface area (Å²) in [7, 11) is 3.12. The Labute approximate surface area is 205 Å². The van der Waals surface area contributed by atoms with Crippen molar-refractivity contribution in [1.29, 1.82) is 0 Å². The molecule has 2 aromatic heterocycles. The number of fused-ring (bicyclic) bond motifs is 1. The molecule has 0 aliphatic heterocycles. The van der Waals surface area contributed by atoms with Crippen LogP contribution < -0.4 is 25.1 Å². The summed E-state index contributed by atoms with van der Waals surface area (Å²) in [6.07, 6.45) is 3.35. The SMILES string of the molecule is CCOc1ccc(-n2ccn3c(SCC(=O)NCc4cccc(OC)c4OC)nnc3c2=O)cc1. The number of carbonyl (C=O) groups excluding carboxylic acids is 1. The molecule has 2 aromatic carbocycles. The van der Waals surface area contributed by atoms with Crippen LogP contribution in [0.15, 0.2) is 64.8 Å². The van der Waals surface area contributed by atoms with Gasteiger partial charge in [0.05, 0.1) is 26.6 Å². The van der Waals surface area contributed by atoms with E-state index in [9.17, 15) is 9.59 Å². The molecule has 35 heavy (non-hydrogen) atoms. The van der Waals surface area contributed by atoms with E-state index in [0.717, 1.165) is 11.3 Å². The number of thioether (sulfide) groups is 1. The largest absolute Gasteiger partial charge is 0.494 e. The number of hydrogen-bond acceptors (Lipinski definition) is 8. The van der Waals surface area contributed by atoms with Gasteiger partial charge in [0.15, 0.2) is 16.7 Å². The molecule has 0 aliphatic carbocycles. The van der Waals surface area contributed by atoms with Crippen molar-refractivity contribution in [2.75, 3.05) is 26.6 Å². The maximum absolute atomic E-state index is 13.0. The fourth-order valence-corrected chi connectivity index (χ4v) is 4.25. The van der Waals surface area contributed by atoms with Crippen molar-refractivity contribution in [3.8, 4) is 22.9 Å². The number of rotatable bonds is 10. The predicted molar refractivity (Wildman–Crippen MR) is 132 cm³/mol. The zero-order chi connectivity index (χ0) is 24.8. The fourth-order valence-electron chi connectivity index (χ4n) is 3.51. The Kier molecular flexibility index (Phi) is 7.56. The van der Waals surface area contributed by atoms with Crippen molar-refractivity contribution in [2.24, 2.45) is 0 Å². The molecule has 0 saturated carbocycles. The summed E-state index contributed by atoms with van der Waals surface area (Å²) in [6.45, 7) is 2.76. The molecule has 0 bridgehead atoms. The van der Waals surface area contributed by atoms with Gasteiger partial charge in [-0.1, -0.05) is 23.9 Å². The van der Waals surface area contributed by atoms with Crippen LogP contribution in [0.4, 0.5) is 0 Å². The van der Waals surface area contributed by atoms with Gasteiger partial charge >= 0.3 is 5.56 Å². The van der Waals surface area contributed by atoms with Gasteiger partial charge in [0.25, 0.3) is 0 Å². The minimum Gasteiger partial charge on any atom is -0.494 e. The van der Waals surface area contributed by atoms with Gasteiger partial charge in [-0.2, -0.15) is 0 Å². The van der Waals surface area contributed by atoms with Crippen molar-refractivity contribution >= 4 is 23.3 Å². The molecule has 4 aromatic rings. The first-order valence-corrected chi connectivity index (χ1v) is 11.8. The van der Waals surface area contributed by atoms with Crippen LogP contribution in [0.25, 0.3) is 11.3 Å². The summed E-state index contributed by atoms with van der Waals surface area (Å²) in [5, 5.41) is 11.4. The van der Waals surface area contributed by atoms with Crippen molar-refractivity contribution in [3.63, 3.8) is 0 Å². The van der Waals surface area contributed by atoms with E-state index < -0.39 is 0 Å². The molecule has 0 saturated heterocycles. The number of amides is 1. The first-order valence-electron chi connectivity index (χ1n) is 10.8. The first-order chi connectivity index (χ1) is 17.0. The Bertz CT molecular complexity index is 1380. The molecular formula is C24H25N5O5S. The third-order valence-electron chi connectivity index (χ3n) is 5.16. The second-order valence-electron chi connectivity index (χ2n) is 7.29. The first kappa shape index (κ1) is 24.1. The summed E-state index contributed by atoms with van der Waals surface area (Å²) in [5.74, 6) is 1.82. The number of para-hydroxylation sites is 1. The van der Waals surface area contributed by atoms with Crippen LogP contribution in [0.5, 0.6) is 17.2 Å². The highest BCUT2D eigenvalue weighted by Gasteiger charge is 2.15. The zero-order valence-corrected chi connectivity index (χ0v) is 20.4. The number of nitrogens with one attached hydrogen (secondary N) is 1. The van der Waals surface area contributed by atoms with Crippen LogP contribution >= 0.6 is 11.8 Å². The van der Waals surface area contributed by atoms with Crippen LogP contribution in [0, 0.1) is 0 Å². The molecule has 10 nitrogen and oxygen atoms in total. The summed E-state index contributed by atoms with van der Waals surface area (Å²) >= 11 is 1.19. The molecule has 4 rings (SSSR count). The molecule has 0 radical (unpaired) electrons. The van der Waals surface area contributed by atoms with Gasteiger partial charge in [0.1, 0.15) is 5.75 Å². The average Bonchev–Trinajstić information content (AvgIpc) is 3.30. The molecule has 0 fully saturated rings. The summed E-state index contributed by atoms with van der Waals surface area (Å²) in [5.41, 5.74) is 1.34. The quantitative estimate of drug-likeness (QED) is 0.335. The number of hydrogen-bond donors (Lipinski definition) is 1. The van der Waals surface area contributed by atoms with Crippen molar-refractivity contribution in [1.82, 2.24) is 24.5 Å². The smallest absolute Gasteiger partial charge is 0.300 e. The fraction of sp³-hybridized carbons (Fsp3) is 0.250. The van der Waals surface area contributed by atoms with E-state index >= 15 is 0 Å². The van der Waals surface area contributed by atoms with Gasteiger partial charge < -0.3 is 19.5 Å². The molecular weight excluding hydrogens is 470 g/mol. The third-order valence-corrected chi connectivity index (χ3v) is 6.10. The Morgan fingerprint density at radius 3 is 2.57 bits per heavy atom. The summed E-state index contributed by atoms with van der Waals surface area (Å²) < 4.78 is 19.2. The molecule has 2 heterocycles. The Morgan fingerprint density at radius 2 is 1.86 bits per heavy atom. The highest BCUT2D eigenvalue weighted by atomic mass is 32.2. The number of ether oxygens (including phenoxy) is 3. The van der Waals surface area contributed by atoms with Crippen LogP contribution in [0.2, 0.25) is 0 Å². The lowest BCUT2D eigenvalue weighted by molar-refractivity contribution is -0.118. The molecule has 11 heteroatoms. The molecule has 0 aliphatic rings. The monoisotopic (exact) mass is 495 g/mol. The number of aromatic nitrogens is 4. The van der Waals surface area contributed by atoms with Crippen molar-refractivity contribution in [3.05, 3.63) is 70.8 Å². The van der Waals surface area contributed by atoms with Gasteiger partial charge in [-0.05, 0) is 37.3 Å². The van der Waals surface area contributed by atoms with Gasteiger partial charge in [-0.3, -0.25) is 18.6 Å². The Morgan fingerprint density at radius 1 is 1.06 bits per heavy atom. The van der Waals surface area contributed by atoms with Gasteiger partial charge in [-0.25, -0.2) is 0 Å². The number of methoxy groups -OCH3 is 2. The zero-order valence-electron chi connectivity index (χ0n) is 19.6. The lowest BCUT2D eigenvalue weighted by Crippen LogP contribution is -2.25. The van der Waals surface area contributed by atoms with E-state index in [4.69, 9.17) is 14.2 Å². The van der Waals surface area contributed by atoms with Gasteiger partial charge in [-0.15, -0.1) is 10.2 Å².